The van der Waals surface area contributed by atoms with Crippen LogP contribution in [0.15, 0.2) is 23.1 Å². The fraction of sp³-hybridized carbons (Fsp3) is 0.538. The Morgan fingerprint density at radius 3 is 2.71 bits per heavy atom. The minimum atomic E-state index is -3.92. The summed E-state index contributed by atoms with van der Waals surface area (Å²) >= 11 is 0. The van der Waals surface area contributed by atoms with Crippen molar-refractivity contribution in [2.45, 2.75) is 11.5 Å². The highest BCUT2D eigenvalue weighted by Crippen LogP contribution is 2.16. The average Bonchev–Trinajstić information content (AvgIpc) is 2.48. The zero-order chi connectivity index (χ0) is 15.3. The highest BCUT2D eigenvalue weighted by atomic mass is 32.2. The molecule has 2 rings (SSSR count). The van der Waals surface area contributed by atoms with Crippen LogP contribution in [0.1, 0.15) is 5.56 Å². The molecule has 0 atom stereocenters. The van der Waals surface area contributed by atoms with Crippen molar-refractivity contribution in [2.24, 2.45) is 0 Å². The Morgan fingerprint density at radius 2 is 2.05 bits per heavy atom. The number of aliphatic hydroxyl groups is 1. The number of nitrogens with one attached hydrogen (secondary N) is 1. The van der Waals surface area contributed by atoms with Crippen molar-refractivity contribution < 1.29 is 22.7 Å². The number of benzene rings is 1. The number of aliphatic hydroxyl groups excluding tert-OH is 1. The molecule has 118 valence electrons. The smallest absolute Gasteiger partial charge is 0.243 e. The molecule has 0 saturated carbocycles. The first-order valence-electron chi connectivity index (χ1n) is 6.72. The maximum Gasteiger partial charge on any atom is 0.243 e. The van der Waals surface area contributed by atoms with E-state index >= 15 is 0 Å². The van der Waals surface area contributed by atoms with Crippen molar-refractivity contribution in [2.75, 3.05) is 39.4 Å². The Bertz CT molecular complexity index is 574. The van der Waals surface area contributed by atoms with Crippen molar-refractivity contribution in [1.29, 1.82) is 0 Å². The highest BCUT2D eigenvalue weighted by molar-refractivity contribution is 7.89. The maximum absolute atomic E-state index is 13.7. The van der Waals surface area contributed by atoms with E-state index in [0.717, 1.165) is 25.2 Å². The molecular formula is C13H19FN2O4S. The molecule has 8 heteroatoms. The number of rotatable bonds is 6. The Kier molecular flexibility index (Phi) is 5.65. The zero-order valence-corrected chi connectivity index (χ0v) is 12.4. The Hall–Kier alpha value is -1.06. The largest absolute Gasteiger partial charge is 0.392 e. The number of sulfonamides is 1. The molecule has 0 aromatic heterocycles. The third kappa shape index (κ3) is 4.45. The lowest BCUT2D eigenvalue weighted by Gasteiger charge is -2.26. The molecule has 1 heterocycles. The predicted octanol–water partition coefficient (Wildman–Crippen LogP) is -0.0715. The molecule has 0 unspecified atom stereocenters. The van der Waals surface area contributed by atoms with Gasteiger partial charge >= 0.3 is 0 Å². The van der Waals surface area contributed by atoms with Crippen molar-refractivity contribution in [3.8, 4) is 0 Å². The van der Waals surface area contributed by atoms with Crippen LogP contribution in [0, 0.1) is 5.82 Å². The van der Waals surface area contributed by atoms with Gasteiger partial charge in [0.25, 0.3) is 0 Å². The number of morpholine rings is 1. The second-order valence-corrected chi connectivity index (χ2v) is 6.51. The van der Waals surface area contributed by atoms with Gasteiger partial charge in [-0.15, -0.1) is 0 Å². The van der Waals surface area contributed by atoms with Gasteiger partial charge in [-0.1, -0.05) is 6.07 Å². The molecule has 0 aliphatic carbocycles. The van der Waals surface area contributed by atoms with Gasteiger partial charge in [0.2, 0.25) is 10.0 Å². The Labute approximate surface area is 123 Å². The van der Waals surface area contributed by atoms with E-state index in [2.05, 4.69) is 9.62 Å². The van der Waals surface area contributed by atoms with Gasteiger partial charge in [0, 0.05) is 26.2 Å². The third-order valence-corrected chi connectivity index (χ3v) is 4.77. The molecule has 0 amide bonds. The van der Waals surface area contributed by atoms with Gasteiger partial charge in [-0.25, -0.2) is 17.5 Å². The van der Waals surface area contributed by atoms with E-state index in [1.165, 1.54) is 6.07 Å². The van der Waals surface area contributed by atoms with Crippen LogP contribution in [0.2, 0.25) is 0 Å². The standard InChI is InChI=1S/C13H19FN2O4S/c14-12-2-1-11(10-17)9-13(12)21(18,19)15-3-4-16-5-7-20-8-6-16/h1-2,9,15,17H,3-8,10H2. The van der Waals surface area contributed by atoms with Crippen LogP contribution in [-0.2, 0) is 21.4 Å². The molecule has 1 aromatic rings. The van der Waals surface area contributed by atoms with E-state index in [4.69, 9.17) is 9.84 Å². The van der Waals surface area contributed by atoms with Crippen molar-refractivity contribution >= 4 is 10.0 Å². The lowest BCUT2D eigenvalue weighted by atomic mass is 10.2. The van der Waals surface area contributed by atoms with Crippen LogP contribution in [0.5, 0.6) is 0 Å². The molecular weight excluding hydrogens is 299 g/mol. The maximum atomic E-state index is 13.7. The SMILES string of the molecule is O=S(=O)(NCCN1CCOCC1)c1cc(CO)ccc1F. The summed E-state index contributed by atoms with van der Waals surface area (Å²) in [5.74, 6) is -0.828. The first-order chi connectivity index (χ1) is 10.0. The summed E-state index contributed by atoms with van der Waals surface area (Å²) in [5, 5.41) is 9.01. The van der Waals surface area contributed by atoms with Crippen molar-refractivity contribution in [3.05, 3.63) is 29.6 Å². The van der Waals surface area contributed by atoms with Gasteiger partial charge in [-0.05, 0) is 17.7 Å². The topological polar surface area (TPSA) is 78.9 Å². The van der Waals surface area contributed by atoms with Gasteiger partial charge in [0.1, 0.15) is 10.7 Å². The number of hydrogen-bond donors (Lipinski definition) is 2. The molecule has 0 radical (unpaired) electrons. The van der Waals surface area contributed by atoms with Gasteiger partial charge in [-0.2, -0.15) is 0 Å². The van der Waals surface area contributed by atoms with Crippen molar-refractivity contribution in [3.63, 3.8) is 0 Å². The zero-order valence-electron chi connectivity index (χ0n) is 11.6. The van der Waals surface area contributed by atoms with Crippen LogP contribution in [0.4, 0.5) is 4.39 Å². The van der Waals surface area contributed by atoms with Crippen molar-refractivity contribution in [1.82, 2.24) is 9.62 Å². The first kappa shape index (κ1) is 16.3. The molecule has 2 N–H and O–H groups in total. The second-order valence-electron chi connectivity index (χ2n) is 4.77. The predicted molar refractivity (Wildman–Crippen MR) is 74.8 cm³/mol. The minimum Gasteiger partial charge on any atom is -0.392 e. The molecule has 1 saturated heterocycles. The molecule has 1 aliphatic heterocycles. The van der Waals surface area contributed by atoms with E-state index in [-0.39, 0.29) is 13.2 Å². The van der Waals surface area contributed by atoms with Crippen LogP contribution in [0.3, 0.4) is 0 Å². The highest BCUT2D eigenvalue weighted by Gasteiger charge is 2.20. The van der Waals surface area contributed by atoms with Crippen LogP contribution >= 0.6 is 0 Å². The van der Waals surface area contributed by atoms with E-state index in [9.17, 15) is 12.8 Å². The number of ether oxygens (including phenoxy) is 1. The molecule has 6 nitrogen and oxygen atoms in total. The Morgan fingerprint density at radius 1 is 1.33 bits per heavy atom. The summed E-state index contributed by atoms with van der Waals surface area (Å²) in [7, 11) is -3.92. The normalized spacial score (nSPS) is 17.0. The second kappa shape index (κ2) is 7.28. The lowest BCUT2D eigenvalue weighted by Crippen LogP contribution is -2.41. The number of hydrogen-bond acceptors (Lipinski definition) is 5. The van der Waals surface area contributed by atoms with Gasteiger partial charge in [-0.3, -0.25) is 4.90 Å². The molecule has 21 heavy (non-hydrogen) atoms. The first-order valence-corrected chi connectivity index (χ1v) is 8.20. The minimum absolute atomic E-state index is 0.200. The van der Waals surface area contributed by atoms with E-state index in [0.29, 0.717) is 25.3 Å². The van der Waals surface area contributed by atoms with Crippen LogP contribution in [0.25, 0.3) is 0 Å². The van der Waals surface area contributed by atoms with Crippen LogP contribution < -0.4 is 4.72 Å². The fourth-order valence-electron chi connectivity index (χ4n) is 2.09. The molecule has 0 spiro atoms. The quantitative estimate of drug-likeness (QED) is 0.767. The van der Waals surface area contributed by atoms with Gasteiger partial charge in [0.15, 0.2) is 0 Å². The number of nitrogens with zero attached hydrogens (tertiary/aromatic N) is 1. The van der Waals surface area contributed by atoms with Gasteiger partial charge in [0.05, 0.1) is 19.8 Å². The summed E-state index contributed by atoms with van der Waals surface area (Å²) in [4.78, 5) is 1.64. The van der Waals surface area contributed by atoms with E-state index < -0.39 is 20.7 Å². The average molecular weight is 318 g/mol. The van der Waals surface area contributed by atoms with Gasteiger partial charge < -0.3 is 9.84 Å². The molecule has 1 aliphatic rings. The molecule has 0 bridgehead atoms. The van der Waals surface area contributed by atoms with E-state index in [1.54, 1.807) is 0 Å². The Balaban J connectivity index is 1.97. The third-order valence-electron chi connectivity index (χ3n) is 3.29. The monoisotopic (exact) mass is 318 g/mol. The summed E-state index contributed by atoms with van der Waals surface area (Å²) in [6, 6.07) is 3.54. The summed E-state index contributed by atoms with van der Waals surface area (Å²) in [6.07, 6.45) is 0. The summed E-state index contributed by atoms with van der Waals surface area (Å²) in [5.41, 5.74) is 0.352. The van der Waals surface area contributed by atoms with Crippen LogP contribution in [-0.4, -0.2) is 57.8 Å². The summed E-state index contributed by atoms with van der Waals surface area (Å²) in [6.45, 7) is 3.21. The lowest BCUT2D eigenvalue weighted by molar-refractivity contribution is 0.0390. The summed E-state index contributed by atoms with van der Waals surface area (Å²) < 4.78 is 45.4. The fourth-order valence-corrected chi connectivity index (χ4v) is 3.24. The van der Waals surface area contributed by atoms with E-state index in [1.807, 2.05) is 0 Å². The molecule has 1 aromatic carbocycles. The number of halogens is 1. The molecule has 1 fully saturated rings.